The van der Waals surface area contributed by atoms with E-state index in [0.717, 1.165) is 16.8 Å². The maximum atomic E-state index is 12.9. The molecule has 1 unspecified atom stereocenters. The third-order valence-electron chi connectivity index (χ3n) is 4.39. The molecule has 1 aliphatic rings. The number of hydrogen-bond donors (Lipinski definition) is 2. The van der Waals surface area contributed by atoms with Gasteiger partial charge in [0.2, 0.25) is 5.91 Å². The molecular formula is C19H20N2O3. The zero-order valence-corrected chi connectivity index (χ0v) is 13.7. The number of nitrogens with zero attached hydrogens (tertiary/aromatic N) is 1. The number of aromatic hydroxyl groups is 1. The van der Waals surface area contributed by atoms with Crippen molar-refractivity contribution in [2.75, 3.05) is 11.9 Å². The van der Waals surface area contributed by atoms with Crippen LogP contribution in [0.1, 0.15) is 29.2 Å². The molecule has 0 radical (unpaired) electrons. The van der Waals surface area contributed by atoms with Gasteiger partial charge in [0.05, 0.1) is 0 Å². The van der Waals surface area contributed by atoms with Crippen molar-refractivity contribution in [3.8, 4) is 5.75 Å². The highest BCUT2D eigenvalue weighted by molar-refractivity contribution is 5.99. The summed E-state index contributed by atoms with van der Waals surface area (Å²) in [5.74, 6) is -0.154. The summed E-state index contributed by atoms with van der Waals surface area (Å²) in [6, 6.07) is 11.5. The second-order valence-electron chi connectivity index (χ2n) is 6.09. The van der Waals surface area contributed by atoms with Crippen LogP contribution in [0.25, 0.3) is 0 Å². The Hall–Kier alpha value is -2.82. The molecule has 1 fully saturated rings. The van der Waals surface area contributed by atoms with Gasteiger partial charge in [0, 0.05) is 18.7 Å². The number of carbonyl (C=O) groups is 2. The Labute approximate surface area is 140 Å². The molecule has 0 bridgehead atoms. The lowest BCUT2D eigenvalue weighted by Gasteiger charge is -2.37. The molecule has 5 nitrogen and oxygen atoms in total. The third kappa shape index (κ3) is 2.97. The van der Waals surface area contributed by atoms with Gasteiger partial charge in [-0.1, -0.05) is 30.3 Å². The minimum absolute atomic E-state index is 0.0373. The van der Waals surface area contributed by atoms with Gasteiger partial charge < -0.3 is 15.3 Å². The first kappa shape index (κ1) is 16.1. The molecule has 2 amide bonds. The number of carbonyl (C=O) groups excluding carboxylic acids is 2. The molecule has 3 rings (SSSR count). The van der Waals surface area contributed by atoms with Crippen LogP contribution in [0.4, 0.5) is 5.69 Å². The maximum Gasteiger partial charge on any atom is 0.251 e. The highest BCUT2D eigenvalue weighted by atomic mass is 16.3. The van der Waals surface area contributed by atoms with Crippen LogP contribution in [0, 0.1) is 13.8 Å². The predicted octanol–water partition coefficient (Wildman–Crippen LogP) is 2.92. The molecule has 124 valence electrons. The second-order valence-corrected chi connectivity index (χ2v) is 6.09. The SMILES string of the molecule is Cc1cccc(C)c1NC(=O)C(c1ccc(O)cc1)N1CCC1=O. The lowest BCUT2D eigenvalue weighted by Crippen LogP contribution is -2.49. The van der Waals surface area contributed by atoms with Crippen molar-refractivity contribution in [1.29, 1.82) is 0 Å². The van der Waals surface area contributed by atoms with E-state index in [0.29, 0.717) is 18.5 Å². The van der Waals surface area contributed by atoms with Crippen molar-refractivity contribution in [2.45, 2.75) is 26.3 Å². The van der Waals surface area contributed by atoms with Crippen molar-refractivity contribution in [1.82, 2.24) is 4.90 Å². The number of para-hydroxylation sites is 1. The van der Waals surface area contributed by atoms with E-state index < -0.39 is 6.04 Å². The summed E-state index contributed by atoms with van der Waals surface area (Å²) >= 11 is 0. The minimum Gasteiger partial charge on any atom is -0.508 e. The average molecular weight is 324 g/mol. The first-order valence-electron chi connectivity index (χ1n) is 7.93. The molecule has 1 atom stereocenters. The molecule has 1 heterocycles. The molecule has 0 spiro atoms. The van der Waals surface area contributed by atoms with E-state index >= 15 is 0 Å². The highest BCUT2D eigenvalue weighted by Gasteiger charge is 2.36. The topological polar surface area (TPSA) is 69.6 Å². The number of phenols is 1. The molecule has 5 heteroatoms. The zero-order chi connectivity index (χ0) is 17.3. The van der Waals surface area contributed by atoms with E-state index in [2.05, 4.69) is 5.32 Å². The summed E-state index contributed by atoms with van der Waals surface area (Å²) in [6.45, 7) is 4.43. The fourth-order valence-corrected chi connectivity index (χ4v) is 2.94. The maximum absolute atomic E-state index is 12.9. The normalized spacial score (nSPS) is 14.9. The van der Waals surface area contributed by atoms with E-state index in [1.54, 1.807) is 17.0 Å². The number of nitrogens with one attached hydrogen (secondary N) is 1. The van der Waals surface area contributed by atoms with E-state index in [1.807, 2.05) is 32.0 Å². The number of phenolic OH excluding ortho intramolecular Hbond substituents is 1. The van der Waals surface area contributed by atoms with Crippen LogP contribution in [0.5, 0.6) is 5.75 Å². The molecule has 1 aliphatic heterocycles. The van der Waals surface area contributed by atoms with Crippen molar-refractivity contribution in [3.63, 3.8) is 0 Å². The quantitative estimate of drug-likeness (QED) is 0.850. The Kier molecular flexibility index (Phi) is 4.25. The van der Waals surface area contributed by atoms with E-state index in [-0.39, 0.29) is 17.6 Å². The average Bonchev–Trinajstić information content (AvgIpc) is 2.55. The fraction of sp³-hybridized carbons (Fsp3) is 0.263. The van der Waals surface area contributed by atoms with Crippen LogP contribution in [-0.2, 0) is 9.59 Å². The molecule has 24 heavy (non-hydrogen) atoms. The Bertz CT molecular complexity index is 763. The highest BCUT2D eigenvalue weighted by Crippen LogP contribution is 2.30. The number of hydrogen-bond acceptors (Lipinski definition) is 3. The van der Waals surface area contributed by atoms with Gasteiger partial charge >= 0.3 is 0 Å². The zero-order valence-electron chi connectivity index (χ0n) is 13.7. The first-order valence-corrected chi connectivity index (χ1v) is 7.93. The van der Waals surface area contributed by atoms with Crippen LogP contribution in [-0.4, -0.2) is 28.4 Å². The van der Waals surface area contributed by atoms with Gasteiger partial charge in [0.1, 0.15) is 11.8 Å². The van der Waals surface area contributed by atoms with Crippen molar-refractivity contribution in [3.05, 3.63) is 59.2 Å². The number of β-lactam (4-membered cyclic amide) rings is 1. The molecule has 0 saturated carbocycles. The van der Waals surface area contributed by atoms with Crippen molar-refractivity contribution in [2.24, 2.45) is 0 Å². The molecule has 2 aromatic carbocycles. The van der Waals surface area contributed by atoms with Gasteiger partial charge in [-0.3, -0.25) is 9.59 Å². The number of benzene rings is 2. The van der Waals surface area contributed by atoms with Crippen LogP contribution in [0.2, 0.25) is 0 Å². The molecule has 0 aliphatic carbocycles. The number of anilines is 1. The molecular weight excluding hydrogens is 304 g/mol. The summed E-state index contributed by atoms with van der Waals surface area (Å²) in [7, 11) is 0. The number of aryl methyl sites for hydroxylation is 2. The first-order chi connectivity index (χ1) is 11.5. The fourth-order valence-electron chi connectivity index (χ4n) is 2.94. The summed E-state index contributed by atoms with van der Waals surface area (Å²) in [6.07, 6.45) is 0.464. The number of likely N-dealkylation sites (tertiary alicyclic amines) is 1. The summed E-state index contributed by atoms with van der Waals surface area (Å²) in [5.41, 5.74) is 3.41. The number of amides is 2. The van der Waals surface area contributed by atoms with E-state index in [1.165, 1.54) is 12.1 Å². The Morgan fingerprint density at radius 2 is 1.75 bits per heavy atom. The third-order valence-corrected chi connectivity index (χ3v) is 4.39. The van der Waals surface area contributed by atoms with Gasteiger partial charge in [-0.05, 0) is 42.7 Å². The van der Waals surface area contributed by atoms with Crippen molar-refractivity contribution < 1.29 is 14.7 Å². The van der Waals surface area contributed by atoms with Crippen LogP contribution >= 0.6 is 0 Å². The standard InChI is InChI=1S/C19H20N2O3/c1-12-4-3-5-13(2)17(12)20-19(24)18(21-11-10-16(21)23)14-6-8-15(22)9-7-14/h3-9,18,22H,10-11H2,1-2H3,(H,20,24). The minimum atomic E-state index is -0.689. The number of rotatable bonds is 4. The lowest BCUT2D eigenvalue weighted by atomic mass is 9.99. The Morgan fingerprint density at radius 3 is 2.25 bits per heavy atom. The van der Waals surface area contributed by atoms with E-state index in [9.17, 15) is 14.7 Å². The molecule has 2 aromatic rings. The lowest BCUT2D eigenvalue weighted by molar-refractivity contribution is -0.147. The molecule has 0 aromatic heterocycles. The summed E-state index contributed by atoms with van der Waals surface area (Å²) in [4.78, 5) is 26.4. The Balaban J connectivity index is 1.92. The van der Waals surface area contributed by atoms with Gasteiger partial charge in [0.25, 0.3) is 5.91 Å². The largest absolute Gasteiger partial charge is 0.508 e. The van der Waals surface area contributed by atoms with Gasteiger partial charge in [-0.15, -0.1) is 0 Å². The summed E-state index contributed by atoms with van der Waals surface area (Å²) in [5, 5.41) is 12.4. The van der Waals surface area contributed by atoms with Gasteiger partial charge in [-0.2, -0.15) is 0 Å². The smallest absolute Gasteiger partial charge is 0.251 e. The molecule has 1 saturated heterocycles. The van der Waals surface area contributed by atoms with Crippen molar-refractivity contribution >= 4 is 17.5 Å². The van der Waals surface area contributed by atoms with Crippen LogP contribution in [0.15, 0.2) is 42.5 Å². The molecule has 2 N–H and O–H groups in total. The monoisotopic (exact) mass is 324 g/mol. The van der Waals surface area contributed by atoms with Gasteiger partial charge in [0.15, 0.2) is 0 Å². The second kappa shape index (κ2) is 6.35. The summed E-state index contributed by atoms with van der Waals surface area (Å²) < 4.78 is 0. The van der Waals surface area contributed by atoms with Crippen LogP contribution in [0.3, 0.4) is 0 Å². The predicted molar refractivity (Wildman–Crippen MR) is 91.7 cm³/mol. The Morgan fingerprint density at radius 1 is 1.12 bits per heavy atom. The van der Waals surface area contributed by atoms with Gasteiger partial charge in [-0.25, -0.2) is 0 Å². The van der Waals surface area contributed by atoms with E-state index in [4.69, 9.17) is 0 Å². The van der Waals surface area contributed by atoms with Crippen LogP contribution < -0.4 is 5.32 Å².